The van der Waals surface area contributed by atoms with Crippen LogP contribution in [0.15, 0.2) is 46.1 Å². The first-order valence-electron chi connectivity index (χ1n) is 8.59. The lowest BCUT2D eigenvalue weighted by Gasteiger charge is -2.05. The summed E-state index contributed by atoms with van der Waals surface area (Å²) in [5, 5.41) is 27.4. The van der Waals surface area contributed by atoms with Crippen LogP contribution in [-0.4, -0.2) is 32.7 Å². The first-order chi connectivity index (χ1) is 13.1. The van der Waals surface area contributed by atoms with E-state index in [0.717, 1.165) is 29.7 Å². The molecule has 0 bridgehead atoms. The van der Waals surface area contributed by atoms with E-state index in [0.29, 0.717) is 21.8 Å². The van der Waals surface area contributed by atoms with Crippen LogP contribution in [0.3, 0.4) is 0 Å². The summed E-state index contributed by atoms with van der Waals surface area (Å²) in [6.07, 6.45) is 5.84. The molecule has 0 fully saturated rings. The Morgan fingerprint density at radius 2 is 2.00 bits per heavy atom. The number of hydrogen-bond acceptors (Lipinski definition) is 6. The molecular formula is C19H19N3O3S2. The Balaban J connectivity index is 1.73. The van der Waals surface area contributed by atoms with E-state index in [4.69, 9.17) is 17.3 Å². The fourth-order valence-electron chi connectivity index (χ4n) is 2.76. The van der Waals surface area contributed by atoms with Gasteiger partial charge in [-0.05, 0) is 31.1 Å². The number of nitrogens with zero attached hydrogens (tertiary/aromatic N) is 3. The predicted molar refractivity (Wildman–Crippen MR) is 110 cm³/mol. The van der Waals surface area contributed by atoms with Gasteiger partial charge in [-0.25, -0.2) is 0 Å². The Hall–Kier alpha value is -2.58. The van der Waals surface area contributed by atoms with Crippen molar-refractivity contribution in [2.75, 3.05) is 0 Å². The minimum absolute atomic E-state index is 0.128. The SMILES string of the molecule is O=C(O)CCCCCn1c(O)c(/C=C2\C=NN=C2c2ccccc2)sc1=S. The van der Waals surface area contributed by atoms with Crippen LogP contribution in [0.5, 0.6) is 5.88 Å². The second-order valence-electron chi connectivity index (χ2n) is 6.07. The number of aromatic hydroxyl groups is 1. The minimum Gasteiger partial charge on any atom is -0.493 e. The van der Waals surface area contributed by atoms with Crippen LogP contribution in [0.1, 0.15) is 36.1 Å². The Kier molecular flexibility index (Phi) is 6.31. The minimum atomic E-state index is -0.784. The highest BCUT2D eigenvalue weighted by Crippen LogP contribution is 2.30. The van der Waals surface area contributed by atoms with Crippen molar-refractivity contribution < 1.29 is 15.0 Å². The molecule has 0 spiro atoms. The smallest absolute Gasteiger partial charge is 0.303 e. The van der Waals surface area contributed by atoms with Crippen LogP contribution in [0.25, 0.3) is 6.08 Å². The maximum absolute atomic E-state index is 10.6. The number of carbonyl (C=O) groups is 1. The molecule has 1 aromatic heterocycles. The number of thiazole rings is 1. The average Bonchev–Trinajstić information content (AvgIpc) is 3.21. The summed E-state index contributed by atoms with van der Waals surface area (Å²) in [5.41, 5.74) is 2.54. The van der Waals surface area contributed by atoms with Crippen LogP contribution in [0.4, 0.5) is 0 Å². The number of rotatable bonds is 8. The zero-order valence-electron chi connectivity index (χ0n) is 14.5. The summed E-state index contributed by atoms with van der Waals surface area (Å²) in [4.78, 5) is 11.2. The molecule has 8 heteroatoms. The average molecular weight is 402 g/mol. The molecule has 2 N–H and O–H groups in total. The summed E-state index contributed by atoms with van der Waals surface area (Å²) in [6, 6.07) is 9.75. The third-order valence-corrected chi connectivity index (χ3v) is 5.51. The van der Waals surface area contributed by atoms with Gasteiger partial charge in [-0.2, -0.15) is 5.10 Å². The summed E-state index contributed by atoms with van der Waals surface area (Å²) in [6.45, 7) is 0.567. The van der Waals surface area contributed by atoms with E-state index >= 15 is 0 Å². The van der Waals surface area contributed by atoms with Crippen molar-refractivity contribution in [1.82, 2.24) is 4.57 Å². The van der Waals surface area contributed by atoms with Gasteiger partial charge in [-0.15, -0.1) is 16.4 Å². The van der Waals surface area contributed by atoms with Crippen molar-refractivity contribution in [3.05, 3.63) is 50.3 Å². The second-order valence-corrected chi connectivity index (χ2v) is 7.75. The van der Waals surface area contributed by atoms with Crippen molar-refractivity contribution >= 4 is 47.5 Å². The Morgan fingerprint density at radius 1 is 1.22 bits per heavy atom. The normalized spacial score (nSPS) is 14.7. The molecule has 0 saturated carbocycles. The largest absolute Gasteiger partial charge is 0.493 e. The van der Waals surface area contributed by atoms with Crippen molar-refractivity contribution in [2.24, 2.45) is 10.2 Å². The summed E-state index contributed by atoms with van der Waals surface area (Å²) >= 11 is 6.71. The zero-order chi connectivity index (χ0) is 19.2. The molecule has 1 aromatic carbocycles. The predicted octanol–water partition coefficient (Wildman–Crippen LogP) is 4.50. The molecule has 0 radical (unpaired) electrons. The maximum atomic E-state index is 10.6. The quantitative estimate of drug-likeness (QED) is 0.503. The van der Waals surface area contributed by atoms with E-state index in [1.807, 2.05) is 36.4 Å². The molecule has 0 atom stereocenters. The molecule has 2 aromatic rings. The lowest BCUT2D eigenvalue weighted by atomic mass is 10.0. The van der Waals surface area contributed by atoms with Crippen LogP contribution >= 0.6 is 23.6 Å². The standard InChI is InChI=1S/C19H19N3O3S2/c23-16(24)9-5-2-6-10-22-18(25)15(27-19(22)26)11-14-12-20-21-17(14)13-7-3-1-4-8-13/h1,3-4,7-8,11-12,25H,2,5-6,9-10H2,(H,23,24)/b14-11+. The van der Waals surface area contributed by atoms with Crippen molar-refractivity contribution in [3.8, 4) is 5.88 Å². The van der Waals surface area contributed by atoms with E-state index in [2.05, 4.69) is 10.2 Å². The van der Waals surface area contributed by atoms with Gasteiger partial charge in [0.15, 0.2) is 3.95 Å². The monoisotopic (exact) mass is 401 g/mol. The lowest BCUT2D eigenvalue weighted by Crippen LogP contribution is -2.02. The van der Waals surface area contributed by atoms with Gasteiger partial charge >= 0.3 is 5.97 Å². The van der Waals surface area contributed by atoms with Crippen molar-refractivity contribution in [1.29, 1.82) is 0 Å². The van der Waals surface area contributed by atoms with Crippen LogP contribution < -0.4 is 0 Å². The number of aromatic nitrogens is 1. The van der Waals surface area contributed by atoms with Gasteiger partial charge in [0.25, 0.3) is 0 Å². The van der Waals surface area contributed by atoms with Gasteiger partial charge in [0.2, 0.25) is 5.88 Å². The van der Waals surface area contributed by atoms with Crippen LogP contribution in [-0.2, 0) is 11.3 Å². The van der Waals surface area contributed by atoms with Gasteiger partial charge in [0, 0.05) is 24.1 Å². The number of hydrogen-bond donors (Lipinski definition) is 2. The summed E-state index contributed by atoms with van der Waals surface area (Å²) < 4.78 is 2.28. The molecule has 140 valence electrons. The first-order valence-corrected chi connectivity index (χ1v) is 9.81. The maximum Gasteiger partial charge on any atom is 0.303 e. The van der Waals surface area contributed by atoms with E-state index in [1.165, 1.54) is 11.3 Å². The van der Waals surface area contributed by atoms with Crippen molar-refractivity contribution in [2.45, 2.75) is 32.2 Å². The molecule has 0 saturated heterocycles. The van der Waals surface area contributed by atoms with Gasteiger partial charge in [0.05, 0.1) is 11.1 Å². The zero-order valence-corrected chi connectivity index (χ0v) is 16.2. The van der Waals surface area contributed by atoms with E-state index in [9.17, 15) is 9.90 Å². The molecule has 0 unspecified atom stereocenters. The van der Waals surface area contributed by atoms with E-state index in [1.54, 1.807) is 10.8 Å². The fraction of sp³-hybridized carbons (Fsp3) is 0.263. The number of allylic oxidation sites excluding steroid dienone is 1. The highest BCUT2D eigenvalue weighted by atomic mass is 32.1. The number of benzene rings is 1. The molecule has 27 heavy (non-hydrogen) atoms. The first kappa shape index (κ1) is 19.2. The highest BCUT2D eigenvalue weighted by Gasteiger charge is 2.16. The summed E-state index contributed by atoms with van der Waals surface area (Å²) in [7, 11) is 0. The third kappa shape index (κ3) is 4.78. The van der Waals surface area contributed by atoms with Gasteiger partial charge in [0.1, 0.15) is 5.71 Å². The molecule has 0 aliphatic carbocycles. The number of aliphatic carboxylic acids is 1. The Bertz CT molecular complexity index is 972. The fourth-order valence-corrected chi connectivity index (χ4v) is 4.07. The van der Waals surface area contributed by atoms with E-state index < -0.39 is 5.97 Å². The molecule has 2 heterocycles. The van der Waals surface area contributed by atoms with Gasteiger partial charge in [-0.1, -0.05) is 36.8 Å². The molecular weight excluding hydrogens is 382 g/mol. The molecule has 3 rings (SSSR count). The number of carboxylic acid groups (broad SMARTS) is 1. The second kappa shape index (κ2) is 8.88. The topological polar surface area (TPSA) is 87.2 Å². The Labute approximate surface area is 165 Å². The molecule has 0 amide bonds. The van der Waals surface area contributed by atoms with Crippen LogP contribution in [0, 0.1) is 3.95 Å². The van der Waals surface area contributed by atoms with Gasteiger partial charge in [-0.3, -0.25) is 9.36 Å². The van der Waals surface area contributed by atoms with Gasteiger partial charge < -0.3 is 10.2 Å². The Morgan fingerprint density at radius 3 is 2.74 bits per heavy atom. The lowest BCUT2D eigenvalue weighted by molar-refractivity contribution is -0.137. The molecule has 6 nitrogen and oxygen atoms in total. The number of carboxylic acids is 1. The van der Waals surface area contributed by atoms with E-state index in [-0.39, 0.29) is 12.3 Å². The number of unbranched alkanes of at least 4 members (excludes halogenated alkanes) is 2. The van der Waals surface area contributed by atoms with Crippen LogP contribution in [0.2, 0.25) is 0 Å². The molecule has 1 aliphatic heterocycles. The summed E-state index contributed by atoms with van der Waals surface area (Å²) in [5.74, 6) is -0.656. The molecule has 1 aliphatic rings. The third-order valence-electron chi connectivity index (χ3n) is 4.13. The van der Waals surface area contributed by atoms with Crippen molar-refractivity contribution in [3.63, 3.8) is 0 Å². The highest BCUT2D eigenvalue weighted by molar-refractivity contribution is 7.73.